The van der Waals surface area contributed by atoms with Crippen molar-refractivity contribution in [2.75, 3.05) is 19.6 Å². The Bertz CT molecular complexity index is 844. The Morgan fingerprint density at radius 3 is 2.69 bits per heavy atom. The minimum atomic E-state index is 0.0602. The van der Waals surface area contributed by atoms with Crippen LogP contribution < -0.4 is 4.74 Å². The molecule has 2 aliphatic rings. The number of amides is 1. The number of para-hydroxylation sites is 1. The van der Waals surface area contributed by atoms with Crippen molar-refractivity contribution in [3.63, 3.8) is 0 Å². The standard InChI is InChI=1S/C24H29N3O2/c1-2-20-9-7-15-27(20)24(28)22-10-3-4-11-23(22)29-21-12-16-26(17-13-21)18-19-8-5-6-14-25-19/h3-11,14,20-21H,2,12-13,15-18H2,1H3/t20-/m1/s1. The van der Waals surface area contributed by atoms with Gasteiger partial charge in [-0.15, -0.1) is 0 Å². The number of rotatable bonds is 6. The van der Waals surface area contributed by atoms with Crippen molar-refractivity contribution < 1.29 is 9.53 Å². The minimum absolute atomic E-state index is 0.0602. The maximum absolute atomic E-state index is 13.1. The maximum atomic E-state index is 13.1. The number of pyridine rings is 1. The molecule has 29 heavy (non-hydrogen) atoms. The Labute approximate surface area is 173 Å². The monoisotopic (exact) mass is 391 g/mol. The number of hydrogen-bond donors (Lipinski definition) is 0. The molecule has 0 unspecified atom stereocenters. The minimum Gasteiger partial charge on any atom is -0.489 e. The van der Waals surface area contributed by atoms with E-state index in [1.807, 2.05) is 47.5 Å². The lowest BCUT2D eigenvalue weighted by atomic mass is 10.1. The molecule has 1 amide bonds. The molecule has 3 heterocycles. The van der Waals surface area contributed by atoms with Gasteiger partial charge in [-0.1, -0.05) is 37.3 Å². The Morgan fingerprint density at radius 2 is 1.93 bits per heavy atom. The third kappa shape index (κ3) is 4.67. The topological polar surface area (TPSA) is 45.7 Å². The van der Waals surface area contributed by atoms with Gasteiger partial charge in [0, 0.05) is 32.4 Å². The number of nitrogens with zero attached hydrogens (tertiary/aromatic N) is 3. The van der Waals surface area contributed by atoms with E-state index in [2.05, 4.69) is 35.0 Å². The van der Waals surface area contributed by atoms with Crippen LogP contribution in [0.1, 0.15) is 42.2 Å². The molecule has 1 aromatic heterocycles. The first-order valence-electron chi connectivity index (χ1n) is 10.6. The van der Waals surface area contributed by atoms with Crippen LogP contribution in [0.15, 0.2) is 60.8 Å². The number of benzene rings is 1. The Hall–Kier alpha value is -2.66. The fourth-order valence-electron chi connectivity index (χ4n) is 4.15. The van der Waals surface area contributed by atoms with Crippen molar-refractivity contribution in [1.29, 1.82) is 0 Å². The van der Waals surface area contributed by atoms with Gasteiger partial charge in [0.15, 0.2) is 0 Å². The van der Waals surface area contributed by atoms with Crippen LogP contribution in [0.25, 0.3) is 0 Å². The van der Waals surface area contributed by atoms with E-state index in [1.165, 1.54) is 0 Å². The zero-order valence-corrected chi connectivity index (χ0v) is 17.0. The number of ether oxygens (including phenoxy) is 1. The van der Waals surface area contributed by atoms with Crippen LogP contribution in [-0.2, 0) is 6.54 Å². The molecular formula is C24H29N3O2. The van der Waals surface area contributed by atoms with Crippen molar-refractivity contribution in [2.24, 2.45) is 0 Å². The second-order valence-corrected chi connectivity index (χ2v) is 7.77. The van der Waals surface area contributed by atoms with Crippen LogP contribution in [0.2, 0.25) is 0 Å². The van der Waals surface area contributed by atoms with Gasteiger partial charge < -0.3 is 9.64 Å². The Kier molecular flexibility index (Phi) is 6.25. The smallest absolute Gasteiger partial charge is 0.258 e. The summed E-state index contributed by atoms with van der Waals surface area (Å²) < 4.78 is 6.32. The maximum Gasteiger partial charge on any atom is 0.258 e. The molecule has 1 atom stereocenters. The predicted octanol–water partition coefficient (Wildman–Crippen LogP) is 3.92. The molecule has 0 bridgehead atoms. The predicted molar refractivity (Wildman–Crippen MR) is 114 cm³/mol. The number of piperidine rings is 1. The van der Waals surface area contributed by atoms with Gasteiger partial charge in [0.2, 0.25) is 0 Å². The lowest BCUT2D eigenvalue weighted by Gasteiger charge is -2.32. The molecule has 2 aromatic rings. The second kappa shape index (κ2) is 9.23. The summed E-state index contributed by atoms with van der Waals surface area (Å²) in [6.45, 7) is 5.62. The summed E-state index contributed by atoms with van der Waals surface area (Å²) >= 11 is 0. The first-order valence-corrected chi connectivity index (χ1v) is 10.6. The molecule has 0 spiro atoms. The largest absolute Gasteiger partial charge is 0.489 e. The van der Waals surface area contributed by atoms with Crippen molar-refractivity contribution in [2.45, 2.75) is 44.9 Å². The summed E-state index contributed by atoms with van der Waals surface area (Å²) in [4.78, 5) is 21.9. The highest BCUT2D eigenvalue weighted by atomic mass is 16.5. The summed E-state index contributed by atoms with van der Waals surface area (Å²) in [6, 6.07) is 13.9. The van der Waals surface area contributed by atoms with Crippen LogP contribution in [0.4, 0.5) is 0 Å². The molecular weight excluding hydrogens is 362 g/mol. The summed E-state index contributed by atoms with van der Waals surface area (Å²) in [5.74, 6) is 0.771. The average molecular weight is 392 g/mol. The fourth-order valence-corrected chi connectivity index (χ4v) is 4.15. The van der Waals surface area contributed by atoms with E-state index in [1.54, 1.807) is 0 Å². The molecule has 5 nitrogen and oxygen atoms in total. The lowest BCUT2D eigenvalue weighted by molar-refractivity contribution is 0.0723. The zero-order chi connectivity index (χ0) is 20.1. The number of aromatic nitrogens is 1. The first-order chi connectivity index (χ1) is 14.2. The van der Waals surface area contributed by atoms with Gasteiger partial charge in [0.25, 0.3) is 5.91 Å². The van der Waals surface area contributed by atoms with E-state index in [0.29, 0.717) is 17.9 Å². The molecule has 2 aliphatic heterocycles. The molecule has 1 aromatic carbocycles. The highest BCUT2D eigenvalue weighted by Gasteiger charge is 2.28. The fraction of sp³-hybridized carbons (Fsp3) is 0.417. The van der Waals surface area contributed by atoms with Crippen molar-refractivity contribution in [3.05, 3.63) is 72.1 Å². The number of carbonyl (C=O) groups is 1. The first kappa shape index (κ1) is 19.6. The van der Waals surface area contributed by atoms with Gasteiger partial charge in [-0.2, -0.15) is 0 Å². The molecule has 4 rings (SSSR count). The van der Waals surface area contributed by atoms with E-state index in [4.69, 9.17) is 4.74 Å². The van der Waals surface area contributed by atoms with Gasteiger partial charge in [-0.3, -0.25) is 14.7 Å². The van der Waals surface area contributed by atoms with Gasteiger partial charge >= 0.3 is 0 Å². The van der Waals surface area contributed by atoms with E-state index in [9.17, 15) is 4.79 Å². The Morgan fingerprint density at radius 1 is 1.14 bits per heavy atom. The summed E-state index contributed by atoms with van der Waals surface area (Å²) in [5.41, 5.74) is 1.78. The summed E-state index contributed by atoms with van der Waals surface area (Å²) in [7, 11) is 0. The van der Waals surface area contributed by atoms with Gasteiger partial charge in [-0.25, -0.2) is 0 Å². The summed E-state index contributed by atoms with van der Waals surface area (Å²) in [6.07, 6.45) is 9.03. The molecule has 0 aliphatic carbocycles. The number of carbonyl (C=O) groups excluding carboxylic acids is 1. The highest BCUT2D eigenvalue weighted by Crippen LogP contribution is 2.27. The van der Waals surface area contributed by atoms with Crippen molar-refractivity contribution >= 4 is 5.91 Å². The van der Waals surface area contributed by atoms with Gasteiger partial charge in [0.05, 0.1) is 17.3 Å². The Balaban J connectivity index is 1.36. The molecule has 0 radical (unpaired) electrons. The van der Waals surface area contributed by atoms with Crippen molar-refractivity contribution in [1.82, 2.24) is 14.8 Å². The quantitative estimate of drug-likeness (QED) is 0.701. The number of likely N-dealkylation sites (tertiary alicyclic amines) is 1. The lowest BCUT2D eigenvalue weighted by Crippen LogP contribution is -2.39. The third-order valence-corrected chi connectivity index (χ3v) is 5.80. The third-order valence-electron chi connectivity index (χ3n) is 5.80. The SMILES string of the molecule is CC[C@@H]1C=CCN1C(=O)c1ccccc1OC1CCN(Cc2ccccn2)CC1. The van der Waals surface area contributed by atoms with Crippen molar-refractivity contribution in [3.8, 4) is 5.75 Å². The molecule has 5 heteroatoms. The van der Waals surface area contributed by atoms with Gasteiger partial charge in [-0.05, 0) is 43.5 Å². The van der Waals surface area contributed by atoms with Gasteiger partial charge in [0.1, 0.15) is 11.9 Å². The van der Waals surface area contributed by atoms with Crippen LogP contribution >= 0.6 is 0 Å². The van der Waals surface area contributed by atoms with E-state index in [-0.39, 0.29) is 18.1 Å². The molecule has 1 saturated heterocycles. The van der Waals surface area contributed by atoms with E-state index in [0.717, 1.165) is 44.6 Å². The van der Waals surface area contributed by atoms with Crippen LogP contribution in [-0.4, -0.2) is 52.5 Å². The normalized spacial score (nSPS) is 20.2. The molecule has 0 N–H and O–H groups in total. The second-order valence-electron chi connectivity index (χ2n) is 7.77. The molecule has 0 saturated carbocycles. The zero-order valence-electron chi connectivity index (χ0n) is 17.0. The van der Waals surface area contributed by atoms with Crippen LogP contribution in [0, 0.1) is 0 Å². The highest BCUT2D eigenvalue weighted by molar-refractivity contribution is 5.97. The van der Waals surface area contributed by atoms with E-state index >= 15 is 0 Å². The number of hydrogen-bond acceptors (Lipinski definition) is 4. The molecule has 152 valence electrons. The van der Waals surface area contributed by atoms with Crippen LogP contribution in [0.5, 0.6) is 5.75 Å². The molecule has 1 fully saturated rings. The average Bonchev–Trinajstić information content (AvgIpc) is 3.25. The summed E-state index contributed by atoms with van der Waals surface area (Å²) in [5, 5.41) is 0. The van der Waals surface area contributed by atoms with Crippen LogP contribution in [0.3, 0.4) is 0 Å². The van der Waals surface area contributed by atoms with E-state index < -0.39 is 0 Å².